The van der Waals surface area contributed by atoms with Gasteiger partial charge in [-0.25, -0.2) is 5.84 Å². The molecule has 3 aromatic rings. The van der Waals surface area contributed by atoms with Crippen LogP contribution in [0.1, 0.15) is 33.7 Å². The van der Waals surface area contributed by atoms with Crippen LogP contribution >= 0.6 is 0 Å². The van der Waals surface area contributed by atoms with Gasteiger partial charge in [0.2, 0.25) is 5.78 Å². The van der Waals surface area contributed by atoms with Crippen LogP contribution in [0.2, 0.25) is 0 Å². The number of hydrogen-bond acceptors (Lipinski definition) is 5. The van der Waals surface area contributed by atoms with Gasteiger partial charge in [-0.3, -0.25) is 14.6 Å². The number of nitrogens with zero attached hydrogens (tertiary/aromatic N) is 2. The Bertz CT molecular complexity index is 1320. The first kappa shape index (κ1) is 24.5. The summed E-state index contributed by atoms with van der Waals surface area (Å²) >= 11 is 0. The van der Waals surface area contributed by atoms with Crippen molar-refractivity contribution in [2.24, 2.45) is 5.84 Å². The number of hydrazine groups is 1. The Hall–Kier alpha value is -4.16. The van der Waals surface area contributed by atoms with Gasteiger partial charge in [0.15, 0.2) is 11.5 Å². The van der Waals surface area contributed by atoms with Crippen molar-refractivity contribution < 1.29 is 14.3 Å². The monoisotopic (exact) mass is 493 g/mol. The van der Waals surface area contributed by atoms with E-state index in [2.05, 4.69) is 55.1 Å². The lowest BCUT2D eigenvalue weighted by atomic mass is 9.81. The minimum Gasteiger partial charge on any atom is -0.483 e. The van der Waals surface area contributed by atoms with Gasteiger partial charge in [-0.2, -0.15) is 0 Å². The average molecular weight is 494 g/mol. The number of ketones is 1. The van der Waals surface area contributed by atoms with Gasteiger partial charge >= 0.3 is 0 Å². The van der Waals surface area contributed by atoms with Gasteiger partial charge in [-0.1, -0.05) is 85.4 Å². The third-order valence-corrected chi connectivity index (χ3v) is 7.38. The van der Waals surface area contributed by atoms with Crippen LogP contribution in [0.3, 0.4) is 0 Å². The van der Waals surface area contributed by atoms with Crippen LogP contribution in [0.4, 0.5) is 0 Å². The van der Waals surface area contributed by atoms with E-state index in [-0.39, 0.29) is 30.0 Å². The van der Waals surface area contributed by atoms with Crippen LogP contribution in [0.15, 0.2) is 103 Å². The van der Waals surface area contributed by atoms with Crippen LogP contribution in [0.25, 0.3) is 0 Å². The summed E-state index contributed by atoms with van der Waals surface area (Å²) in [6.45, 7) is 4.09. The average Bonchev–Trinajstić information content (AvgIpc) is 3.10. The summed E-state index contributed by atoms with van der Waals surface area (Å²) in [4.78, 5) is 28.3. The minimum atomic E-state index is -0.457. The molecule has 0 radical (unpaired) electrons. The van der Waals surface area contributed by atoms with Gasteiger partial charge in [-0.05, 0) is 46.7 Å². The Morgan fingerprint density at radius 3 is 2.14 bits per heavy atom. The van der Waals surface area contributed by atoms with Crippen LogP contribution in [-0.2, 0) is 33.8 Å². The SMILES string of the molecule is C=CC(=O)/C(OCc1ccccc1)=C1/C(=O)N(N)CC(C2c3ccccc3CCc3ccccc32)N1C. The van der Waals surface area contributed by atoms with Crippen molar-refractivity contribution in [1.29, 1.82) is 0 Å². The van der Waals surface area contributed by atoms with E-state index in [4.69, 9.17) is 10.6 Å². The molecule has 1 heterocycles. The Morgan fingerprint density at radius 1 is 0.973 bits per heavy atom. The number of carbonyl (C=O) groups is 2. The molecule has 1 amide bonds. The molecule has 1 saturated heterocycles. The number of likely N-dealkylation sites (N-methyl/N-ethyl adjacent to an activating group) is 1. The molecule has 188 valence electrons. The fourth-order valence-electron chi connectivity index (χ4n) is 5.51. The van der Waals surface area contributed by atoms with Crippen LogP contribution in [-0.4, -0.2) is 41.2 Å². The zero-order valence-corrected chi connectivity index (χ0v) is 21.0. The molecule has 5 rings (SSSR count). The van der Waals surface area contributed by atoms with Crippen molar-refractivity contribution in [2.45, 2.75) is 31.4 Å². The van der Waals surface area contributed by atoms with E-state index in [1.54, 1.807) is 0 Å². The smallest absolute Gasteiger partial charge is 0.288 e. The fraction of sp³-hybridized carbons (Fsp3) is 0.226. The van der Waals surface area contributed by atoms with E-state index in [1.807, 2.05) is 42.3 Å². The summed E-state index contributed by atoms with van der Waals surface area (Å²) in [6, 6.07) is 26.2. The van der Waals surface area contributed by atoms with Crippen molar-refractivity contribution in [2.75, 3.05) is 13.6 Å². The molecule has 1 unspecified atom stereocenters. The molecule has 6 heteroatoms. The van der Waals surface area contributed by atoms with Crippen molar-refractivity contribution in [3.05, 3.63) is 131 Å². The fourth-order valence-corrected chi connectivity index (χ4v) is 5.51. The molecule has 2 aliphatic rings. The number of ether oxygens (including phenoxy) is 1. The van der Waals surface area contributed by atoms with Gasteiger partial charge in [0.05, 0.1) is 12.6 Å². The van der Waals surface area contributed by atoms with Gasteiger partial charge in [0, 0.05) is 13.0 Å². The van der Waals surface area contributed by atoms with Gasteiger partial charge in [-0.15, -0.1) is 0 Å². The second kappa shape index (κ2) is 10.4. The number of amides is 1. The first-order valence-corrected chi connectivity index (χ1v) is 12.5. The van der Waals surface area contributed by atoms with Crippen LogP contribution in [0.5, 0.6) is 0 Å². The summed E-state index contributed by atoms with van der Waals surface area (Å²) in [6.07, 6.45) is 3.05. The zero-order chi connectivity index (χ0) is 25.9. The third-order valence-electron chi connectivity index (χ3n) is 7.38. The zero-order valence-electron chi connectivity index (χ0n) is 21.0. The number of benzene rings is 3. The molecule has 0 saturated carbocycles. The highest BCUT2D eigenvalue weighted by atomic mass is 16.5. The maximum absolute atomic E-state index is 13.4. The highest BCUT2D eigenvalue weighted by Crippen LogP contribution is 2.40. The Labute approximate surface area is 217 Å². The molecule has 1 aliphatic carbocycles. The minimum absolute atomic E-state index is 0.0401. The number of nitrogens with two attached hydrogens (primary N) is 1. The number of hydrogen-bond donors (Lipinski definition) is 1. The Kier molecular flexibility index (Phi) is 6.93. The first-order chi connectivity index (χ1) is 18.0. The predicted molar refractivity (Wildman–Crippen MR) is 143 cm³/mol. The largest absolute Gasteiger partial charge is 0.483 e. The lowest BCUT2D eigenvalue weighted by Crippen LogP contribution is -2.58. The van der Waals surface area contributed by atoms with Crippen molar-refractivity contribution in [3.63, 3.8) is 0 Å². The number of rotatable bonds is 6. The molecular formula is C31H31N3O3. The number of aryl methyl sites for hydroxylation is 2. The molecule has 1 aliphatic heterocycles. The highest BCUT2D eigenvalue weighted by molar-refractivity contribution is 6.08. The summed E-state index contributed by atoms with van der Waals surface area (Å²) in [5.41, 5.74) is 6.04. The van der Waals surface area contributed by atoms with Gasteiger partial charge < -0.3 is 9.64 Å². The molecule has 3 aromatic carbocycles. The maximum Gasteiger partial charge on any atom is 0.288 e. The van der Waals surface area contributed by atoms with Crippen LogP contribution < -0.4 is 5.84 Å². The van der Waals surface area contributed by atoms with E-state index >= 15 is 0 Å². The summed E-state index contributed by atoms with van der Waals surface area (Å²) in [7, 11) is 1.85. The van der Waals surface area contributed by atoms with E-state index in [0.717, 1.165) is 18.4 Å². The van der Waals surface area contributed by atoms with E-state index < -0.39 is 11.7 Å². The summed E-state index contributed by atoms with van der Waals surface area (Å²) in [5, 5.41) is 1.21. The number of fused-ring (bicyclic) bond motifs is 2. The number of carbonyl (C=O) groups excluding carboxylic acids is 2. The number of allylic oxidation sites excluding steroid dienone is 1. The highest BCUT2D eigenvalue weighted by Gasteiger charge is 2.42. The molecule has 1 atom stereocenters. The molecule has 2 N–H and O–H groups in total. The molecular weight excluding hydrogens is 462 g/mol. The van der Waals surface area contributed by atoms with Gasteiger partial charge in [0.25, 0.3) is 5.91 Å². The molecule has 6 nitrogen and oxygen atoms in total. The van der Waals surface area contributed by atoms with Crippen molar-refractivity contribution >= 4 is 11.7 Å². The third kappa shape index (κ3) is 4.68. The van der Waals surface area contributed by atoms with E-state index in [0.29, 0.717) is 6.54 Å². The maximum atomic E-state index is 13.4. The Morgan fingerprint density at radius 2 is 1.54 bits per heavy atom. The lowest BCUT2D eigenvalue weighted by Gasteiger charge is -2.44. The molecule has 37 heavy (non-hydrogen) atoms. The lowest BCUT2D eigenvalue weighted by molar-refractivity contribution is -0.134. The topological polar surface area (TPSA) is 75.9 Å². The van der Waals surface area contributed by atoms with Crippen molar-refractivity contribution in [3.8, 4) is 0 Å². The van der Waals surface area contributed by atoms with Gasteiger partial charge in [0.1, 0.15) is 6.61 Å². The molecule has 0 spiro atoms. The molecule has 0 bridgehead atoms. The van der Waals surface area contributed by atoms with Crippen molar-refractivity contribution in [1.82, 2.24) is 9.91 Å². The first-order valence-electron chi connectivity index (χ1n) is 12.5. The second-order valence-corrected chi connectivity index (χ2v) is 9.53. The van der Waals surface area contributed by atoms with Crippen LogP contribution in [0, 0.1) is 0 Å². The molecule has 1 fully saturated rings. The molecule has 0 aromatic heterocycles. The summed E-state index contributed by atoms with van der Waals surface area (Å²) < 4.78 is 6.02. The normalized spacial score (nSPS) is 19.0. The predicted octanol–water partition coefficient (Wildman–Crippen LogP) is 4.12. The quantitative estimate of drug-likeness (QED) is 0.242. The van der Waals surface area contributed by atoms with E-state index in [9.17, 15) is 9.59 Å². The second-order valence-electron chi connectivity index (χ2n) is 9.53. The van der Waals surface area contributed by atoms with E-state index in [1.165, 1.54) is 33.3 Å². The standard InChI is InChI=1S/C31H31N3O3/c1-3-27(35)30(37-20-21-11-5-4-6-12-21)29-31(36)34(32)19-26(33(29)2)28-24-15-9-7-13-22(24)17-18-23-14-8-10-16-25(23)28/h3-16,26,28H,1,17-20,32H2,2H3/b30-29+. The Balaban J connectivity index is 1.62. The number of piperazine rings is 1. The summed E-state index contributed by atoms with van der Waals surface area (Å²) in [5.74, 6) is 5.32.